The van der Waals surface area contributed by atoms with E-state index >= 15 is 0 Å². The Labute approximate surface area is 151 Å². The number of halogens is 2. The van der Waals surface area contributed by atoms with Crippen molar-refractivity contribution < 1.29 is 28.6 Å². The molecule has 4 nitrogen and oxygen atoms in total. The second-order valence-electron chi connectivity index (χ2n) is 6.79. The molecule has 0 saturated heterocycles. The highest BCUT2D eigenvalue weighted by molar-refractivity contribution is 5.84. The van der Waals surface area contributed by atoms with Crippen molar-refractivity contribution in [2.45, 2.75) is 51.0 Å². The smallest absolute Gasteiger partial charge is 0.303 e. The Bertz CT molecular complexity index is 672. The molecule has 0 spiro atoms. The summed E-state index contributed by atoms with van der Waals surface area (Å²) in [5.41, 5.74) is 0.213. The third kappa shape index (κ3) is 5.73. The predicted octanol–water partition coefficient (Wildman–Crippen LogP) is 3.97. The van der Waals surface area contributed by atoms with Crippen LogP contribution in [-0.4, -0.2) is 28.1 Å². The fourth-order valence-electron chi connectivity index (χ4n) is 3.44. The fraction of sp³-hybridized carbons (Fsp3) is 0.500. The summed E-state index contributed by atoms with van der Waals surface area (Å²) in [4.78, 5) is 22.6. The first-order valence-corrected chi connectivity index (χ1v) is 8.94. The molecule has 142 valence electrons. The van der Waals surface area contributed by atoms with Crippen LogP contribution >= 0.6 is 0 Å². The molecule has 0 heterocycles. The van der Waals surface area contributed by atoms with E-state index in [9.17, 15) is 23.5 Å². The molecule has 3 atom stereocenters. The van der Waals surface area contributed by atoms with E-state index in [4.69, 9.17) is 5.11 Å². The zero-order valence-electron chi connectivity index (χ0n) is 14.5. The van der Waals surface area contributed by atoms with Crippen molar-refractivity contribution in [1.29, 1.82) is 0 Å². The van der Waals surface area contributed by atoms with Gasteiger partial charge in [-0.1, -0.05) is 31.4 Å². The Balaban J connectivity index is 1.91. The molecule has 2 N–H and O–H groups in total. The SMILES string of the molecule is O=C(O)CCCCCCC1C(=O)CC(O)C1C=Cc1ccc(F)cc1F. The topological polar surface area (TPSA) is 74.6 Å². The van der Waals surface area contributed by atoms with Gasteiger partial charge in [0.05, 0.1) is 6.10 Å². The number of hydrogen-bond donors (Lipinski definition) is 2. The summed E-state index contributed by atoms with van der Waals surface area (Å²) in [7, 11) is 0. The number of carbonyl (C=O) groups is 2. The molecule has 0 aromatic heterocycles. The highest BCUT2D eigenvalue weighted by atomic mass is 19.1. The Kier molecular flexibility index (Phi) is 7.45. The number of carboxylic acid groups (broad SMARTS) is 1. The predicted molar refractivity (Wildman–Crippen MR) is 93.3 cm³/mol. The van der Waals surface area contributed by atoms with Crippen molar-refractivity contribution in [3.63, 3.8) is 0 Å². The summed E-state index contributed by atoms with van der Waals surface area (Å²) in [6, 6.07) is 3.28. The van der Waals surface area contributed by atoms with Gasteiger partial charge in [-0.2, -0.15) is 0 Å². The van der Waals surface area contributed by atoms with Crippen LogP contribution in [0.1, 0.15) is 50.5 Å². The Morgan fingerprint density at radius 2 is 1.92 bits per heavy atom. The van der Waals surface area contributed by atoms with E-state index in [1.165, 1.54) is 12.1 Å². The molecular formula is C20H24F2O4. The van der Waals surface area contributed by atoms with E-state index in [1.807, 2.05) is 0 Å². The molecule has 6 heteroatoms. The molecule has 3 unspecified atom stereocenters. The van der Waals surface area contributed by atoms with Gasteiger partial charge in [-0.25, -0.2) is 8.78 Å². The van der Waals surface area contributed by atoms with Gasteiger partial charge in [0.25, 0.3) is 0 Å². The molecule has 1 aliphatic rings. The lowest BCUT2D eigenvalue weighted by atomic mass is 9.88. The number of aliphatic hydroxyl groups is 1. The molecule has 0 aliphatic heterocycles. The van der Waals surface area contributed by atoms with E-state index in [-0.39, 0.29) is 36.0 Å². The van der Waals surface area contributed by atoms with Crippen LogP contribution in [0.2, 0.25) is 0 Å². The van der Waals surface area contributed by atoms with Gasteiger partial charge in [0.2, 0.25) is 0 Å². The van der Waals surface area contributed by atoms with E-state index < -0.39 is 23.7 Å². The molecule has 0 bridgehead atoms. The van der Waals surface area contributed by atoms with E-state index in [0.717, 1.165) is 31.4 Å². The lowest BCUT2D eigenvalue weighted by molar-refractivity contribution is -0.137. The first-order chi connectivity index (χ1) is 12.4. The molecule has 1 fully saturated rings. The first kappa shape index (κ1) is 20.2. The maximum absolute atomic E-state index is 13.7. The lowest BCUT2D eigenvalue weighted by Crippen LogP contribution is -2.18. The maximum Gasteiger partial charge on any atom is 0.303 e. The van der Waals surface area contributed by atoms with Gasteiger partial charge in [-0.3, -0.25) is 9.59 Å². The lowest BCUT2D eigenvalue weighted by Gasteiger charge is -2.17. The minimum atomic E-state index is -0.808. The van der Waals surface area contributed by atoms with Crippen LogP contribution in [0.25, 0.3) is 6.08 Å². The monoisotopic (exact) mass is 366 g/mol. The Hall–Kier alpha value is -2.08. The standard InChI is InChI=1S/C20H24F2O4/c21-14-9-7-13(17(22)11-14)8-10-16-15(18(23)12-19(16)24)5-3-1-2-4-6-20(25)26/h7-11,15-16,19,24H,1-6,12H2,(H,25,26). The Morgan fingerprint density at radius 1 is 1.19 bits per heavy atom. The molecule has 1 saturated carbocycles. The number of carboxylic acids is 1. The third-order valence-corrected chi connectivity index (χ3v) is 4.85. The molecule has 1 aromatic rings. The highest BCUT2D eigenvalue weighted by Crippen LogP contribution is 2.34. The number of unbranched alkanes of at least 4 members (excludes halogenated alkanes) is 3. The number of ketones is 1. The molecule has 26 heavy (non-hydrogen) atoms. The second kappa shape index (κ2) is 9.57. The van der Waals surface area contributed by atoms with Crippen LogP contribution in [0.3, 0.4) is 0 Å². The largest absolute Gasteiger partial charge is 0.481 e. The summed E-state index contributed by atoms with van der Waals surface area (Å²) in [6.45, 7) is 0. The van der Waals surface area contributed by atoms with E-state index in [0.29, 0.717) is 12.8 Å². The molecule has 0 amide bonds. The molecule has 1 aliphatic carbocycles. The summed E-state index contributed by atoms with van der Waals surface area (Å²) in [5, 5.41) is 18.7. The summed E-state index contributed by atoms with van der Waals surface area (Å²) in [6.07, 6.45) is 6.19. The molecular weight excluding hydrogens is 342 g/mol. The van der Waals surface area contributed by atoms with Gasteiger partial charge < -0.3 is 10.2 Å². The van der Waals surface area contributed by atoms with Gasteiger partial charge in [-0.05, 0) is 25.0 Å². The average molecular weight is 366 g/mol. The van der Waals surface area contributed by atoms with E-state index in [2.05, 4.69) is 0 Å². The summed E-state index contributed by atoms with van der Waals surface area (Å²) in [5.74, 6) is -2.85. The van der Waals surface area contributed by atoms with Crippen molar-refractivity contribution in [2.24, 2.45) is 11.8 Å². The van der Waals surface area contributed by atoms with Crippen LogP contribution in [0.4, 0.5) is 8.78 Å². The van der Waals surface area contributed by atoms with Crippen molar-refractivity contribution in [1.82, 2.24) is 0 Å². The molecule has 0 radical (unpaired) electrons. The van der Waals surface area contributed by atoms with Crippen LogP contribution in [0.15, 0.2) is 24.3 Å². The normalized spacial score (nSPS) is 23.0. The Morgan fingerprint density at radius 3 is 2.62 bits per heavy atom. The summed E-state index contributed by atoms with van der Waals surface area (Å²) >= 11 is 0. The van der Waals surface area contributed by atoms with Gasteiger partial charge >= 0.3 is 5.97 Å². The number of carbonyl (C=O) groups excluding carboxylic acids is 1. The van der Waals surface area contributed by atoms with Crippen molar-refractivity contribution in [2.75, 3.05) is 0 Å². The minimum absolute atomic E-state index is 0.00253. The fourth-order valence-corrected chi connectivity index (χ4v) is 3.44. The number of Topliss-reactive ketones (excluding diaryl/α,β-unsaturated/α-hetero) is 1. The van der Waals surface area contributed by atoms with Crippen molar-refractivity contribution in [3.05, 3.63) is 41.5 Å². The van der Waals surface area contributed by atoms with Gasteiger partial charge in [0, 0.05) is 36.3 Å². The third-order valence-electron chi connectivity index (χ3n) is 4.85. The number of rotatable bonds is 9. The highest BCUT2D eigenvalue weighted by Gasteiger charge is 2.39. The van der Waals surface area contributed by atoms with Crippen LogP contribution in [0, 0.1) is 23.5 Å². The van der Waals surface area contributed by atoms with Gasteiger partial charge in [0.15, 0.2) is 0 Å². The zero-order chi connectivity index (χ0) is 19.1. The van der Waals surface area contributed by atoms with Crippen molar-refractivity contribution >= 4 is 17.8 Å². The number of benzene rings is 1. The first-order valence-electron chi connectivity index (χ1n) is 8.94. The average Bonchev–Trinajstić information content (AvgIpc) is 2.83. The molecule has 1 aromatic carbocycles. The second-order valence-corrected chi connectivity index (χ2v) is 6.79. The quantitative estimate of drug-likeness (QED) is 0.649. The summed E-state index contributed by atoms with van der Waals surface area (Å²) < 4.78 is 26.7. The maximum atomic E-state index is 13.7. The van der Waals surface area contributed by atoms with E-state index in [1.54, 1.807) is 6.08 Å². The van der Waals surface area contributed by atoms with Gasteiger partial charge in [0.1, 0.15) is 17.4 Å². The number of aliphatic carboxylic acids is 1. The zero-order valence-corrected chi connectivity index (χ0v) is 14.5. The van der Waals surface area contributed by atoms with Crippen LogP contribution < -0.4 is 0 Å². The number of hydrogen-bond acceptors (Lipinski definition) is 3. The van der Waals surface area contributed by atoms with Crippen molar-refractivity contribution in [3.8, 4) is 0 Å². The van der Waals surface area contributed by atoms with Crippen LogP contribution in [0.5, 0.6) is 0 Å². The van der Waals surface area contributed by atoms with Crippen LogP contribution in [-0.2, 0) is 9.59 Å². The van der Waals surface area contributed by atoms with Gasteiger partial charge in [-0.15, -0.1) is 0 Å². The number of aliphatic hydroxyl groups excluding tert-OH is 1. The molecule has 2 rings (SSSR count). The minimum Gasteiger partial charge on any atom is -0.481 e.